The Labute approximate surface area is 197 Å². The molecular formula is C23H27N9O2. The van der Waals surface area contributed by atoms with E-state index < -0.39 is 0 Å². The summed E-state index contributed by atoms with van der Waals surface area (Å²) in [7, 11) is 1.86. The van der Waals surface area contributed by atoms with Crippen LogP contribution in [-0.2, 0) is 11.8 Å². The predicted molar refractivity (Wildman–Crippen MR) is 129 cm³/mol. The Kier molecular flexibility index (Phi) is 7.31. The lowest BCUT2D eigenvalue weighted by Crippen LogP contribution is -2.37. The largest absolute Gasteiger partial charge is 0.437 e. The van der Waals surface area contributed by atoms with Gasteiger partial charge in [-0.3, -0.25) is 9.89 Å². The van der Waals surface area contributed by atoms with Crippen molar-refractivity contribution in [1.29, 1.82) is 5.26 Å². The molecule has 11 nitrogen and oxygen atoms in total. The summed E-state index contributed by atoms with van der Waals surface area (Å²) in [5.41, 5.74) is 9.58. The number of aryl methyl sites for hydroxylation is 2. The van der Waals surface area contributed by atoms with E-state index in [9.17, 15) is 0 Å². The van der Waals surface area contributed by atoms with Gasteiger partial charge in [-0.05, 0) is 18.6 Å². The molecule has 176 valence electrons. The highest BCUT2D eigenvalue weighted by atomic mass is 16.5. The molecule has 4 rings (SSSR count). The number of allylic oxidation sites excluding steroid dienone is 1. The second-order valence-electron chi connectivity index (χ2n) is 7.82. The number of anilines is 1. The Hall–Kier alpha value is -4.01. The zero-order chi connectivity index (χ0) is 23.9. The van der Waals surface area contributed by atoms with Gasteiger partial charge in [0.05, 0.1) is 43.7 Å². The smallest absolute Gasteiger partial charge is 0.223 e. The third kappa shape index (κ3) is 5.48. The topological polar surface area (TPSA) is 140 Å². The summed E-state index contributed by atoms with van der Waals surface area (Å²) in [5, 5.41) is 12.3. The molecule has 0 atom stereocenters. The molecule has 0 radical (unpaired) electrons. The number of nitrogens with two attached hydrogens (primary N) is 1. The first-order chi connectivity index (χ1) is 16.6. The van der Waals surface area contributed by atoms with Crippen molar-refractivity contribution in [2.45, 2.75) is 6.92 Å². The van der Waals surface area contributed by atoms with E-state index in [0.717, 1.165) is 38.4 Å². The van der Waals surface area contributed by atoms with Crippen molar-refractivity contribution in [1.82, 2.24) is 24.4 Å². The van der Waals surface area contributed by atoms with Gasteiger partial charge in [-0.25, -0.2) is 9.97 Å². The van der Waals surface area contributed by atoms with Crippen LogP contribution in [0.1, 0.15) is 11.3 Å². The highest BCUT2D eigenvalue weighted by Crippen LogP contribution is 2.30. The van der Waals surface area contributed by atoms with Crippen molar-refractivity contribution in [3.05, 3.63) is 47.8 Å². The molecule has 11 heteroatoms. The lowest BCUT2D eigenvalue weighted by molar-refractivity contribution is 0.0395. The number of ether oxygens (including phenoxy) is 2. The number of rotatable bonds is 8. The van der Waals surface area contributed by atoms with Gasteiger partial charge in [-0.1, -0.05) is 0 Å². The van der Waals surface area contributed by atoms with Crippen LogP contribution in [0.5, 0.6) is 11.6 Å². The number of aromatic nitrogens is 4. The van der Waals surface area contributed by atoms with Crippen LogP contribution < -0.4 is 15.8 Å². The van der Waals surface area contributed by atoms with E-state index in [1.54, 1.807) is 29.2 Å². The van der Waals surface area contributed by atoms with Gasteiger partial charge < -0.3 is 25.1 Å². The minimum absolute atomic E-state index is 0.327. The van der Waals surface area contributed by atoms with E-state index in [1.165, 1.54) is 12.4 Å². The molecule has 34 heavy (non-hydrogen) atoms. The van der Waals surface area contributed by atoms with E-state index in [-0.39, 0.29) is 0 Å². The molecule has 0 unspecified atom stereocenters. The SMILES string of the molecule is Cc1cc(C#N)ncc1Oc1cc(NC(C=NCCN2CCOCC2)=CN)c2ncn(C)c2n1. The normalized spacial score (nSPS) is 15.0. The Morgan fingerprint density at radius 3 is 2.91 bits per heavy atom. The lowest BCUT2D eigenvalue weighted by atomic mass is 10.2. The number of nitrogens with zero attached hydrogens (tertiary/aromatic N) is 7. The third-order valence-corrected chi connectivity index (χ3v) is 5.37. The van der Waals surface area contributed by atoms with E-state index in [4.69, 9.17) is 20.5 Å². The molecule has 1 saturated heterocycles. The first-order valence-corrected chi connectivity index (χ1v) is 10.9. The second kappa shape index (κ2) is 10.7. The lowest BCUT2D eigenvalue weighted by Gasteiger charge is -2.25. The fourth-order valence-corrected chi connectivity index (χ4v) is 3.51. The summed E-state index contributed by atoms with van der Waals surface area (Å²) in [6.45, 7) is 6.77. The summed E-state index contributed by atoms with van der Waals surface area (Å²) < 4.78 is 13.2. The van der Waals surface area contributed by atoms with Crippen LogP contribution in [0.4, 0.5) is 5.69 Å². The van der Waals surface area contributed by atoms with Gasteiger partial charge >= 0.3 is 0 Å². The minimum atomic E-state index is 0.327. The Bertz CT molecular complexity index is 1250. The van der Waals surface area contributed by atoms with Gasteiger partial charge in [0.15, 0.2) is 11.4 Å². The number of fused-ring (bicyclic) bond motifs is 1. The third-order valence-electron chi connectivity index (χ3n) is 5.37. The molecule has 3 aromatic heterocycles. The maximum Gasteiger partial charge on any atom is 0.223 e. The fraction of sp³-hybridized carbons (Fsp3) is 0.348. The van der Waals surface area contributed by atoms with Gasteiger partial charge in [0.2, 0.25) is 5.88 Å². The average molecular weight is 462 g/mol. The van der Waals surface area contributed by atoms with Crippen molar-refractivity contribution in [3.63, 3.8) is 0 Å². The van der Waals surface area contributed by atoms with Gasteiger partial charge in [0.25, 0.3) is 0 Å². The van der Waals surface area contributed by atoms with Crippen LogP contribution in [-0.4, -0.2) is 70.0 Å². The number of nitriles is 1. The molecule has 3 N–H and O–H groups in total. The molecule has 0 saturated carbocycles. The second-order valence-corrected chi connectivity index (χ2v) is 7.82. The number of nitrogens with one attached hydrogen (secondary N) is 1. The van der Waals surface area contributed by atoms with Crippen LogP contribution in [0, 0.1) is 18.3 Å². The first kappa shape index (κ1) is 23.2. The molecule has 1 aliphatic rings. The van der Waals surface area contributed by atoms with E-state index >= 15 is 0 Å². The quantitative estimate of drug-likeness (QED) is 0.482. The number of morpholine rings is 1. The summed E-state index contributed by atoms with van der Waals surface area (Å²) in [4.78, 5) is 20.0. The predicted octanol–water partition coefficient (Wildman–Crippen LogP) is 1.95. The van der Waals surface area contributed by atoms with Crippen molar-refractivity contribution in [3.8, 4) is 17.7 Å². The number of hydrogen-bond donors (Lipinski definition) is 2. The summed E-state index contributed by atoms with van der Waals surface area (Å²) in [5.74, 6) is 0.868. The van der Waals surface area contributed by atoms with E-state index in [0.29, 0.717) is 46.4 Å². The number of pyridine rings is 2. The maximum atomic E-state index is 9.04. The van der Waals surface area contributed by atoms with Gasteiger partial charge in [0.1, 0.15) is 17.3 Å². The van der Waals surface area contributed by atoms with Gasteiger partial charge in [0, 0.05) is 45.2 Å². The number of hydrogen-bond acceptors (Lipinski definition) is 10. The van der Waals surface area contributed by atoms with E-state index in [1.807, 2.05) is 20.0 Å². The van der Waals surface area contributed by atoms with Gasteiger partial charge in [-0.15, -0.1) is 0 Å². The van der Waals surface area contributed by atoms with Crippen molar-refractivity contribution < 1.29 is 9.47 Å². The molecule has 0 aliphatic carbocycles. The van der Waals surface area contributed by atoms with Crippen LogP contribution in [0.25, 0.3) is 11.2 Å². The zero-order valence-electron chi connectivity index (χ0n) is 19.2. The molecule has 0 spiro atoms. The zero-order valence-corrected chi connectivity index (χ0v) is 19.2. The van der Waals surface area contributed by atoms with Crippen LogP contribution in [0.3, 0.4) is 0 Å². The van der Waals surface area contributed by atoms with Crippen LogP contribution >= 0.6 is 0 Å². The monoisotopic (exact) mass is 461 g/mol. The fourth-order valence-electron chi connectivity index (χ4n) is 3.51. The van der Waals surface area contributed by atoms with E-state index in [2.05, 4.69) is 30.2 Å². The van der Waals surface area contributed by atoms with Crippen molar-refractivity contribution >= 4 is 23.1 Å². The minimum Gasteiger partial charge on any atom is -0.437 e. The number of imidazole rings is 1. The summed E-state index contributed by atoms with van der Waals surface area (Å²) in [6.07, 6.45) is 6.37. The van der Waals surface area contributed by atoms with Crippen LogP contribution in [0.2, 0.25) is 0 Å². The van der Waals surface area contributed by atoms with Crippen molar-refractivity contribution in [2.24, 2.45) is 17.8 Å². The molecule has 0 aromatic carbocycles. The Morgan fingerprint density at radius 1 is 1.35 bits per heavy atom. The standard InChI is InChI=1S/C23H27N9O2/c1-16-9-17(11-24)27-14-20(16)34-21-10-19(22-23(30-21)31(2)15-28-22)29-18(12-25)13-26-3-4-32-5-7-33-8-6-32/h9-10,12-15H,3-8,25H2,1-2H3,(H,29,30). The number of aliphatic imine (C=N–C) groups is 1. The summed E-state index contributed by atoms with van der Waals surface area (Å²) >= 11 is 0. The Morgan fingerprint density at radius 2 is 2.18 bits per heavy atom. The molecule has 0 bridgehead atoms. The average Bonchev–Trinajstić information content (AvgIpc) is 3.23. The summed E-state index contributed by atoms with van der Waals surface area (Å²) in [6, 6.07) is 5.44. The Balaban J connectivity index is 1.51. The highest BCUT2D eigenvalue weighted by Gasteiger charge is 2.14. The first-order valence-electron chi connectivity index (χ1n) is 10.9. The van der Waals surface area contributed by atoms with Crippen molar-refractivity contribution in [2.75, 3.05) is 44.7 Å². The molecule has 1 fully saturated rings. The van der Waals surface area contributed by atoms with Crippen LogP contribution in [0.15, 0.2) is 41.5 Å². The molecule has 3 aromatic rings. The molecule has 1 aliphatic heterocycles. The molecule has 0 amide bonds. The molecule has 4 heterocycles. The highest BCUT2D eigenvalue weighted by molar-refractivity contribution is 5.92. The maximum absolute atomic E-state index is 9.04. The van der Waals surface area contributed by atoms with Gasteiger partial charge in [-0.2, -0.15) is 10.2 Å². The molecular weight excluding hydrogens is 434 g/mol.